The number of halogens is 2. The van der Waals surface area contributed by atoms with Gasteiger partial charge in [0, 0.05) is 25.8 Å². The Balaban J connectivity index is 0.00000180. The van der Waals surface area contributed by atoms with Crippen LogP contribution in [0.2, 0.25) is 0 Å². The van der Waals surface area contributed by atoms with E-state index >= 15 is 0 Å². The van der Waals surface area contributed by atoms with E-state index in [1.165, 1.54) is 0 Å². The third-order valence-corrected chi connectivity index (χ3v) is 2.79. The van der Waals surface area contributed by atoms with Crippen LogP contribution in [0.5, 0.6) is 0 Å². The van der Waals surface area contributed by atoms with Gasteiger partial charge in [0.05, 0.1) is 0 Å². The number of anilines is 1. The summed E-state index contributed by atoms with van der Waals surface area (Å²) in [4.78, 5) is 15.9. The number of nitrogens with zero attached hydrogens (tertiary/aromatic N) is 1. The van der Waals surface area contributed by atoms with Crippen molar-refractivity contribution < 1.29 is 4.79 Å². The number of rotatable bonds is 5. The molecule has 0 spiro atoms. The fourth-order valence-corrected chi connectivity index (χ4v) is 1.79. The van der Waals surface area contributed by atoms with Crippen molar-refractivity contribution in [2.24, 2.45) is 0 Å². The second-order valence-electron chi connectivity index (χ2n) is 4.20. The Morgan fingerprint density at radius 3 is 2.90 bits per heavy atom. The summed E-state index contributed by atoms with van der Waals surface area (Å²) in [6.07, 6.45) is 5.59. The molecule has 1 aromatic rings. The first-order valence-corrected chi connectivity index (χ1v) is 6.10. The van der Waals surface area contributed by atoms with Crippen LogP contribution in [0, 0.1) is 6.92 Å². The molecule has 20 heavy (non-hydrogen) atoms. The average Bonchev–Trinajstić information content (AvgIpc) is 2.90. The first-order valence-electron chi connectivity index (χ1n) is 6.10. The van der Waals surface area contributed by atoms with E-state index in [0.717, 1.165) is 17.9 Å². The molecule has 2 rings (SSSR count). The van der Waals surface area contributed by atoms with Gasteiger partial charge in [0.15, 0.2) is 0 Å². The quantitative estimate of drug-likeness (QED) is 0.565. The van der Waals surface area contributed by atoms with Crippen molar-refractivity contribution in [1.82, 2.24) is 15.6 Å². The predicted molar refractivity (Wildman–Crippen MR) is 85.9 cm³/mol. The lowest BCUT2D eigenvalue weighted by Crippen LogP contribution is -2.42. The molecule has 1 aliphatic rings. The highest BCUT2D eigenvalue weighted by Gasteiger charge is 2.16. The molecule has 7 heteroatoms. The smallest absolute Gasteiger partial charge is 0.241 e. The maximum absolute atomic E-state index is 11.7. The van der Waals surface area contributed by atoms with Crippen LogP contribution in [0.25, 0.3) is 0 Å². The maximum atomic E-state index is 11.7. The number of aromatic nitrogens is 1. The zero-order chi connectivity index (χ0) is 12.8. The monoisotopic (exact) mass is 318 g/mol. The standard InChI is InChI=1S/C13H18N4O.2ClH/c1-10-4-2-7-15-12(10)16-8-9-17-13(18)11-5-3-6-14-11;;/h2-5,7,11,14H,6,8-9H2,1H3,(H,15,16)(H,17,18);2*1H. The van der Waals surface area contributed by atoms with Crippen LogP contribution in [-0.2, 0) is 4.79 Å². The van der Waals surface area contributed by atoms with Crippen LogP contribution in [0.1, 0.15) is 5.56 Å². The highest BCUT2D eigenvalue weighted by atomic mass is 35.5. The molecule has 1 unspecified atom stereocenters. The van der Waals surface area contributed by atoms with Gasteiger partial charge in [0.25, 0.3) is 0 Å². The lowest BCUT2D eigenvalue weighted by Gasteiger charge is -2.11. The Labute approximate surface area is 131 Å². The van der Waals surface area contributed by atoms with Crippen LogP contribution < -0.4 is 16.0 Å². The van der Waals surface area contributed by atoms with Gasteiger partial charge in [0.1, 0.15) is 11.9 Å². The number of pyridine rings is 1. The predicted octanol–water partition coefficient (Wildman–Crippen LogP) is 1.29. The highest BCUT2D eigenvalue weighted by molar-refractivity contribution is 5.85. The molecule has 0 fully saturated rings. The van der Waals surface area contributed by atoms with Gasteiger partial charge in [-0.3, -0.25) is 10.1 Å². The van der Waals surface area contributed by atoms with Crippen molar-refractivity contribution in [2.45, 2.75) is 13.0 Å². The van der Waals surface area contributed by atoms with Gasteiger partial charge in [0.2, 0.25) is 5.91 Å². The van der Waals surface area contributed by atoms with Gasteiger partial charge < -0.3 is 10.6 Å². The molecule has 1 atom stereocenters. The number of aryl methyl sites for hydroxylation is 1. The number of hydrogen-bond donors (Lipinski definition) is 3. The summed E-state index contributed by atoms with van der Waals surface area (Å²) < 4.78 is 0. The molecule has 5 nitrogen and oxygen atoms in total. The molecule has 1 amide bonds. The van der Waals surface area contributed by atoms with Gasteiger partial charge in [-0.05, 0) is 18.6 Å². The lowest BCUT2D eigenvalue weighted by atomic mass is 10.3. The minimum atomic E-state index is -0.179. The van der Waals surface area contributed by atoms with E-state index in [2.05, 4.69) is 20.9 Å². The topological polar surface area (TPSA) is 66.0 Å². The summed E-state index contributed by atoms with van der Waals surface area (Å²) in [5.74, 6) is 0.883. The molecule has 0 saturated heterocycles. The van der Waals surface area contributed by atoms with Crippen molar-refractivity contribution >= 4 is 36.5 Å². The second-order valence-corrected chi connectivity index (χ2v) is 4.20. The summed E-state index contributed by atoms with van der Waals surface area (Å²) in [5.41, 5.74) is 1.10. The first kappa shape index (κ1) is 18.7. The van der Waals surface area contributed by atoms with Gasteiger partial charge in [-0.15, -0.1) is 24.8 Å². The number of carbonyl (C=O) groups is 1. The summed E-state index contributed by atoms with van der Waals surface area (Å²) in [6.45, 7) is 4.02. The molecule has 0 aromatic carbocycles. The summed E-state index contributed by atoms with van der Waals surface area (Å²) in [6, 6.07) is 3.73. The van der Waals surface area contributed by atoms with Crippen molar-refractivity contribution in [1.29, 1.82) is 0 Å². The SMILES string of the molecule is Cc1cccnc1NCCNC(=O)C1C=CCN1.Cl.Cl. The maximum Gasteiger partial charge on any atom is 0.241 e. The molecular weight excluding hydrogens is 299 g/mol. The highest BCUT2D eigenvalue weighted by Crippen LogP contribution is 2.07. The third-order valence-electron chi connectivity index (χ3n) is 2.79. The van der Waals surface area contributed by atoms with E-state index < -0.39 is 0 Å². The van der Waals surface area contributed by atoms with Crippen molar-refractivity contribution in [3.63, 3.8) is 0 Å². The lowest BCUT2D eigenvalue weighted by molar-refractivity contribution is -0.121. The van der Waals surface area contributed by atoms with Gasteiger partial charge in [-0.25, -0.2) is 4.98 Å². The number of hydrogen-bond acceptors (Lipinski definition) is 4. The van der Waals surface area contributed by atoms with Crippen LogP contribution >= 0.6 is 24.8 Å². The molecule has 0 radical (unpaired) electrons. The fraction of sp³-hybridized carbons (Fsp3) is 0.385. The molecule has 1 aliphatic heterocycles. The van der Waals surface area contributed by atoms with E-state index in [1.54, 1.807) is 6.20 Å². The molecule has 1 aromatic heterocycles. The van der Waals surface area contributed by atoms with Gasteiger partial charge in [-0.2, -0.15) is 0 Å². The Morgan fingerprint density at radius 1 is 1.45 bits per heavy atom. The van der Waals surface area contributed by atoms with Gasteiger partial charge in [-0.1, -0.05) is 18.2 Å². The molecular formula is C13H20Cl2N4O. The molecule has 2 heterocycles. The Morgan fingerprint density at radius 2 is 2.25 bits per heavy atom. The Hall–Kier alpha value is -1.30. The third kappa shape index (κ3) is 5.36. The Kier molecular flexibility index (Phi) is 8.96. The largest absolute Gasteiger partial charge is 0.368 e. The van der Waals surface area contributed by atoms with Gasteiger partial charge >= 0.3 is 0 Å². The van der Waals surface area contributed by atoms with E-state index in [4.69, 9.17) is 0 Å². The fourth-order valence-electron chi connectivity index (χ4n) is 1.79. The van der Waals surface area contributed by atoms with Crippen LogP contribution in [0.15, 0.2) is 30.5 Å². The van der Waals surface area contributed by atoms with Crippen LogP contribution in [0.3, 0.4) is 0 Å². The van der Waals surface area contributed by atoms with Crippen LogP contribution in [0.4, 0.5) is 5.82 Å². The van der Waals surface area contributed by atoms with Crippen molar-refractivity contribution in [3.05, 3.63) is 36.0 Å². The van der Waals surface area contributed by atoms with E-state index in [9.17, 15) is 4.79 Å². The van der Waals surface area contributed by atoms with Crippen LogP contribution in [-0.4, -0.2) is 36.6 Å². The van der Waals surface area contributed by atoms with E-state index in [1.807, 2.05) is 31.2 Å². The average molecular weight is 319 g/mol. The Bertz CT molecular complexity index is 454. The summed E-state index contributed by atoms with van der Waals surface area (Å²) >= 11 is 0. The zero-order valence-corrected chi connectivity index (χ0v) is 12.9. The molecule has 0 aliphatic carbocycles. The zero-order valence-electron chi connectivity index (χ0n) is 11.3. The van der Waals surface area contributed by atoms with Crippen molar-refractivity contribution in [3.8, 4) is 0 Å². The summed E-state index contributed by atoms with van der Waals surface area (Å²) in [7, 11) is 0. The number of carbonyl (C=O) groups excluding carboxylic acids is 1. The second kappa shape index (κ2) is 9.58. The minimum Gasteiger partial charge on any atom is -0.368 e. The first-order chi connectivity index (χ1) is 8.77. The summed E-state index contributed by atoms with van der Waals surface area (Å²) in [5, 5.41) is 9.13. The molecule has 3 N–H and O–H groups in total. The van der Waals surface area contributed by atoms with E-state index in [-0.39, 0.29) is 36.8 Å². The number of nitrogens with one attached hydrogen (secondary N) is 3. The molecule has 112 valence electrons. The minimum absolute atomic E-state index is 0. The van der Waals surface area contributed by atoms with E-state index in [0.29, 0.717) is 13.1 Å². The molecule has 0 saturated carbocycles. The normalized spacial score (nSPS) is 15.9. The van der Waals surface area contributed by atoms with Crippen molar-refractivity contribution in [2.75, 3.05) is 25.0 Å². The molecule has 0 bridgehead atoms. The number of amides is 1.